The van der Waals surface area contributed by atoms with Crippen molar-refractivity contribution in [3.63, 3.8) is 0 Å². The Hall–Kier alpha value is -0.340. The molecule has 0 aromatic carbocycles. The van der Waals surface area contributed by atoms with Crippen LogP contribution in [0.25, 0.3) is 0 Å². The maximum atomic E-state index is 6.16. The molecule has 1 saturated heterocycles. The summed E-state index contributed by atoms with van der Waals surface area (Å²) in [5.74, 6) is 0.548. The maximum absolute atomic E-state index is 6.16. The lowest BCUT2D eigenvalue weighted by molar-refractivity contribution is -0.0714. The van der Waals surface area contributed by atoms with E-state index in [1.165, 1.54) is 5.57 Å². The minimum absolute atomic E-state index is 0.0133. The zero-order valence-corrected chi connectivity index (χ0v) is 13.3. The zero-order chi connectivity index (χ0) is 14.0. The van der Waals surface area contributed by atoms with E-state index in [0.29, 0.717) is 12.0 Å². The van der Waals surface area contributed by atoms with Crippen LogP contribution in [0, 0.1) is 5.92 Å². The fraction of sp³-hybridized carbons (Fsp3) is 0.875. The maximum Gasteiger partial charge on any atom is 0.0699 e. The van der Waals surface area contributed by atoms with Crippen LogP contribution >= 0.6 is 0 Å². The number of hydrogen-bond acceptors (Lipinski definition) is 2. The van der Waals surface area contributed by atoms with Crippen molar-refractivity contribution < 1.29 is 4.74 Å². The lowest BCUT2D eigenvalue weighted by atomic mass is 9.82. The molecule has 1 unspecified atom stereocenters. The number of ether oxygens (including phenoxy) is 1. The van der Waals surface area contributed by atoms with Crippen LogP contribution in [0.4, 0.5) is 0 Å². The van der Waals surface area contributed by atoms with Crippen molar-refractivity contribution in [1.29, 1.82) is 0 Å². The van der Waals surface area contributed by atoms with E-state index >= 15 is 0 Å². The van der Waals surface area contributed by atoms with Gasteiger partial charge in [0.05, 0.1) is 11.2 Å². The van der Waals surface area contributed by atoms with Crippen LogP contribution in [-0.2, 0) is 4.74 Å². The van der Waals surface area contributed by atoms with Crippen LogP contribution in [-0.4, -0.2) is 23.8 Å². The number of hydrogen-bond donors (Lipinski definition) is 1. The van der Waals surface area contributed by atoms with Gasteiger partial charge in [-0.05, 0) is 54.0 Å². The molecule has 0 bridgehead atoms. The largest absolute Gasteiger partial charge is 0.369 e. The fourth-order valence-corrected chi connectivity index (χ4v) is 3.09. The highest BCUT2D eigenvalue weighted by Gasteiger charge is 2.46. The third-order valence-electron chi connectivity index (χ3n) is 3.79. The first-order valence-corrected chi connectivity index (χ1v) is 7.24. The molecule has 1 aliphatic heterocycles. The zero-order valence-electron chi connectivity index (χ0n) is 13.3. The molecule has 2 heteroatoms. The highest BCUT2D eigenvalue weighted by molar-refractivity contribution is 5.13. The molecule has 0 aromatic heterocycles. The van der Waals surface area contributed by atoms with Crippen LogP contribution < -0.4 is 5.32 Å². The van der Waals surface area contributed by atoms with Crippen molar-refractivity contribution in [2.45, 2.75) is 78.6 Å². The Morgan fingerprint density at radius 2 is 1.94 bits per heavy atom. The fourth-order valence-electron chi connectivity index (χ4n) is 3.09. The molecule has 0 spiro atoms. The average molecular weight is 253 g/mol. The molecule has 1 atom stereocenters. The Labute approximate surface area is 113 Å². The van der Waals surface area contributed by atoms with Crippen molar-refractivity contribution in [3.8, 4) is 0 Å². The van der Waals surface area contributed by atoms with Crippen LogP contribution in [0.5, 0.6) is 0 Å². The molecule has 106 valence electrons. The summed E-state index contributed by atoms with van der Waals surface area (Å²) in [4.78, 5) is 0. The topological polar surface area (TPSA) is 21.3 Å². The third kappa shape index (κ3) is 4.40. The molecule has 2 nitrogen and oxygen atoms in total. The SMILES string of the molecule is C/C(=C/CCNC(C)C)C1CC(C)(C)OC1(C)C. The highest BCUT2D eigenvalue weighted by atomic mass is 16.5. The van der Waals surface area contributed by atoms with E-state index < -0.39 is 0 Å². The van der Waals surface area contributed by atoms with Crippen molar-refractivity contribution in [2.24, 2.45) is 5.92 Å². The summed E-state index contributed by atoms with van der Waals surface area (Å²) in [6.07, 6.45) is 4.61. The Morgan fingerprint density at radius 1 is 1.33 bits per heavy atom. The minimum atomic E-state index is -0.0322. The molecule has 0 aromatic rings. The molecule has 0 amide bonds. The van der Waals surface area contributed by atoms with Gasteiger partial charge in [0.25, 0.3) is 0 Å². The van der Waals surface area contributed by atoms with E-state index in [-0.39, 0.29) is 11.2 Å². The van der Waals surface area contributed by atoms with E-state index in [9.17, 15) is 0 Å². The van der Waals surface area contributed by atoms with Gasteiger partial charge >= 0.3 is 0 Å². The van der Waals surface area contributed by atoms with E-state index in [2.05, 4.69) is 59.9 Å². The standard InChI is InChI=1S/C16H31NO/c1-12(2)17-10-8-9-13(3)14-11-15(4,5)18-16(14,6)7/h9,12,14,17H,8,10-11H2,1-7H3/b13-9-. The van der Waals surface area contributed by atoms with Gasteiger partial charge in [-0.1, -0.05) is 25.5 Å². The van der Waals surface area contributed by atoms with Gasteiger partial charge in [-0.2, -0.15) is 0 Å². The van der Waals surface area contributed by atoms with Crippen molar-refractivity contribution >= 4 is 0 Å². The van der Waals surface area contributed by atoms with E-state index in [4.69, 9.17) is 4.74 Å². The summed E-state index contributed by atoms with van der Waals surface area (Å²) in [5.41, 5.74) is 1.46. The highest BCUT2D eigenvalue weighted by Crippen LogP contribution is 2.45. The molecular formula is C16H31NO. The van der Waals surface area contributed by atoms with Crippen molar-refractivity contribution in [1.82, 2.24) is 5.32 Å². The molecule has 1 N–H and O–H groups in total. The molecule has 18 heavy (non-hydrogen) atoms. The summed E-state index contributed by atoms with van der Waals surface area (Å²) in [6, 6.07) is 0.573. The van der Waals surface area contributed by atoms with Crippen LogP contribution in [0.1, 0.15) is 61.3 Å². The summed E-state index contributed by atoms with van der Waals surface area (Å²) in [6.45, 7) is 16.5. The second-order valence-electron chi connectivity index (χ2n) is 7.07. The van der Waals surface area contributed by atoms with Crippen LogP contribution in [0.15, 0.2) is 11.6 Å². The Bertz CT molecular complexity index is 302. The van der Waals surface area contributed by atoms with E-state index in [1.807, 2.05) is 0 Å². The Kier molecular flexibility index (Phi) is 5.02. The molecule has 0 saturated carbocycles. The second kappa shape index (κ2) is 5.75. The molecule has 0 aliphatic carbocycles. The smallest absolute Gasteiger partial charge is 0.0699 e. The summed E-state index contributed by atoms with van der Waals surface area (Å²) >= 11 is 0. The normalized spacial score (nSPS) is 26.9. The predicted octanol–water partition coefficient (Wildman–Crippen LogP) is 3.91. The Balaban J connectivity index is 2.55. The minimum Gasteiger partial charge on any atom is -0.369 e. The molecule has 1 aliphatic rings. The first-order valence-electron chi connectivity index (χ1n) is 7.24. The second-order valence-corrected chi connectivity index (χ2v) is 7.07. The predicted molar refractivity (Wildman–Crippen MR) is 78.9 cm³/mol. The van der Waals surface area contributed by atoms with Crippen molar-refractivity contribution in [3.05, 3.63) is 11.6 Å². The lowest BCUT2D eigenvalue weighted by Crippen LogP contribution is -2.30. The molecule has 1 fully saturated rings. The summed E-state index contributed by atoms with van der Waals surface area (Å²) in [5, 5.41) is 3.45. The third-order valence-corrected chi connectivity index (χ3v) is 3.79. The van der Waals surface area contributed by atoms with Crippen molar-refractivity contribution in [2.75, 3.05) is 6.54 Å². The van der Waals surface area contributed by atoms with E-state index in [1.54, 1.807) is 0 Å². The van der Waals surface area contributed by atoms with Gasteiger partial charge in [0.1, 0.15) is 0 Å². The van der Waals surface area contributed by atoms with Gasteiger partial charge in [-0.25, -0.2) is 0 Å². The first kappa shape index (κ1) is 15.7. The van der Waals surface area contributed by atoms with Crippen LogP contribution in [0.3, 0.4) is 0 Å². The first-order chi connectivity index (χ1) is 8.14. The summed E-state index contributed by atoms with van der Waals surface area (Å²) in [7, 11) is 0. The Morgan fingerprint density at radius 3 is 2.39 bits per heavy atom. The van der Waals surface area contributed by atoms with Crippen LogP contribution in [0.2, 0.25) is 0 Å². The monoisotopic (exact) mass is 253 g/mol. The van der Waals surface area contributed by atoms with Gasteiger partial charge in [0, 0.05) is 12.0 Å². The van der Waals surface area contributed by atoms with Gasteiger partial charge in [0.2, 0.25) is 0 Å². The number of rotatable bonds is 5. The van der Waals surface area contributed by atoms with E-state index in [0.717, 1.165) is 19.4 Å². The molecular weight excluding hydrogens is 222 g/mol. The average Bonchev–Trinajstić information content (AvgIpc) is 2.41. The van der Waals surface area contributed by atoms with Gasteiger partial charge < -0.3 is 10.1 Å². The molecule has 0 radical (unpaired) electrons. The lowest BCUT2D eigenvalue weighted by Gasteiger charge is -2.28. The molecule has 1 rings (SSSR count). The van der Waals surface area contributed by atoms with Gasteiger partial charge in [-0.15, -0.1) is 0 Å². The number of nitrogens with one attached hydrogen (secondary N) is 1. The van der Waals surface area contributed by atoms with Gasteiger partial charge in [0.15, 0.2) is 0 Å². The summed E-state index contributed by atoms with van der Waals surface area (Å²) < 4.78 is 6.16. The van der Waals surface area contributed by atoms with Gasteiger partial charge in [-0.3, -0.25) is 0 Å². The molecule has 1 heterocycles. The quantitative estimate of drug-likeness (QED) is 0.592.